The van der Waals surface area contributed by atoms with E-state index in [4.69, 9.17) is 5.73 Å². The number of thiazole rings is 1. The number of anilines is 1. The number of carbonyl (C=O) groups is 1. The summed E-state index contributed by atoms with van der Waals surface area (Å²) in [7, 11) is 0. The van der Waals surface area contributed by atoms with Crippen molar-refractivity contribution >= 4 is 22.4 Å². The number of aromatic nitrogens is 1. The number of hydrogen-bond donors (Lipinski definition) is 1. The number of hydrogen-bond acceptors (Lipinski definition) is 4. The standard InChI is InChI=1S/C13H21N3OS/c1-3-7-16(12(17)4-2)9-5-6-10-11(8-9)18-13(14)15-10/h9H,3-8H2,1-2H3,(H2,14,15). The lowest BCUT2D eigenvalue weighted by atomic mass is 9.96. The minimum absolute atomic E-state index is 0.266. The quantitative estimate of drug-likeness (QED) is 0.910. The Kier molecular flexibility index (Phi) is 4.22. The molecule has 1 aromatic heterocycles. The molecule has 0 saturated heterocycles. The Bertz CT molecular complexity index is 430. The van der Waals surface area contributed by atoms with Gasteiger partial charge < -0.3 is 10.6 Å². The summed E-state index contributed by atoms with van der Waals surface area (Å²) in [4.78, 5) is 19.7. The molecule has 0 aromatic carbocycles. The van der Waals surface area contributed by atoms with Crippen LogP contribution in [-0.4, -0.2) is 28.4 Å². The zero-order chi connectivity index (χ0) is 13.1. The zero-order valence-corrected chi connectivity index (χ0v) is 11.9. The van der Waals surface area contributed by atoms with Crippen LogP contribution < -0.4 is 5.73 Å². The molecule has 1 aromatic rings. The predicted octanol–water partition coefficient (Wildman–Crippen LogP) is 2.23. The molecular formula is C13H21N3OS. The third-order valence-electron chi connectivity index (χ3n) is 3.46. The highest BCUT2D eigenvalue weighted by Crippen LogP contribution is 2.30. The van der Waals surface area contributed by atoms with Crippen LogP contribution in [0.5, 0.6) is 0 Å². The lowest BCUT2D eigenvalue weighted by molar-refractivity contribution is -0.133. The molecular weight excluding hydrogens is 246 g/mol. The van der Waals surface area contributed by atoms with E-state index in [2.05, 4.69) is 16.8 Å². The van der Waals surface area contributed by atoms with E-state index in [-0.39, 0.29) is 5.91 Å². The monoisotopic (exact) mass is 267 g/mol. The van der Waals surface area contributed by atoms with E-state index >= 15 is 0 Å². The summed E-state index contributed by atoms with van der Waals surface area (Å²) in [5.41, 5.74) is 6.90. The van der Waals surface area contributed by atoms with E-state index in [0.717, 1.165) is 37.9 Å². The summed E-state index contributed by atoms with van der Waals surface area (Å²) in [6.07, 6.45) is 4.50. The summed E-state index contributed by atoms with van der Waals surface area (Å²) in [5, 5.41) is 0.657. The molecule has 0 radical (unpaired) electrons. The third-order valence-corrected chi connectivity index (χ3v) is 4.41. The Balaban J connectivity index is 2.12. The van der Waals surface area contributed by atoms with Gasteiger partial charge in [-0.1, -0.05) is 13.8 Å². The van der Waals surface area contributed by atoms with E-state index in [0.29, 0.717) is 17.6 Å². The summed E-state index contributed by atoms with van der Waals surface area (Å²) >= 11 is 1.58. The van der Waals surface area contributed by atoms with Gasteiger partial charge in [0.2, 0.25) is 5.91 Å². The first-order valence-corrected chi connectivity index (χ1v) is 7.50. The van der Waals surface area contributed by atoms with Gasteiger partial charge in [-0.25, -0.2) is 4.98 Å². The molecule has 1 aliphatic rings. The van der Waals surface area contributed by atoms with Crippen LogP contribution in [-0.2, 0) is 17.6 Å². The van der Waals surface area contributed by atoms with E-state index < -0.39 is 0 Å². The molecule has 0 saturated carbocycles. The Morgan fingerprint density at radius 1 is 1.56 bits per heavy atom. The molecule has 1 amide bonds. The first-order valence-electron chi connectivity index (χ1n) is 6.69. The van der Waals surface area contributed by atoms with Crippen molar-refractivity contribution in [1.29, 1.82) is 0 Å². The van der Waals surface area contributed by atoms with Gasteiger partial charge in [0.15, 0.2) is 5.13 Å². The van der Waals surface area contributed by atoms with Crippen molar-refractivity contribution in [3.05, 3.63) is 10.6 Å². The second-order valence-electron chi connectivity index (χ2n) is 4.76. The summed E-state index contributed by atoms with van der Waals surface area (Å²) in [6.45, 7) is 4.92. The zero-order valence-electron chi connectivity index (χ0n) is 11.1. The molecule has 0 bridgehead atoms. The normalized spacial score (nSPS) is 18.4. The summed E-state index contributed by atoms with van der Waals surface area (Å²) in [6, 6.07) is 0.338. The van der Waals surface area contributed by atoms with Gasteiger partial charge in [-0.15, -0.1) is 11.3 Å². The topological polar surface area (TPSA) is 59.2 Å². The highest BCUT2D eigenvalue weighted by atomic mass is 32.1. The first-order chi connectivity index (χ1) is 8.65. The average Bonchev–Trinajstić information content (AvgIpc) is 2.74. The molecule has 0 aliphatic heterocycles. The van der Waals surface area contributed by atoms with Gasteiger partial charge in [0.25, 0.3) is 0 Å². The van der Waals surface area contributed by atoms with Gasteiger partial charge >= 0.3 is 0 Å². The predicted molar refractivity (Wildman–Crippen MR) is 74.6 cm³/mol. The number of amides is 1. The number of nitrogen functional groups attached to an aromatic ring is 1. The van der Waals surface area contributed by atoms with Gasteiger partial charge in [-0.2, -0.15) is 0 Å². The fourth-order valence-electron chi connectivity index (χ4n) is 2.60. The lowest BCUT2D eigenvalue weighted by Crippen LogP contribution is -2.43. The third kappa shape index (κ3) is 2.66. The van der Waals surface area contributed by atoms with Crippen LogP contribution in [0.15, 0.2) is 0 Å². The average molecular weight is 267 g/mol. The molecule has 2 N–H and O–H groups in total. The molecule has 5 heteroatoms. The van der Waals surface area contributed by atoms with Gasteiger partial charge in [-0.05, 0) is 19.3 Å². The van der Waals surface area contributed by atoms with Crippen molar-refractivity contribution in [2.24, 2.45) is 0 Å². The number of fused-ring (bicyclic) bond motifs is 1. The lowest BCUT2D eigenvalue weighted by Gasteiger charge is -2.33. The molecule has 4 nitrogen and oxygen atoms in total. The van der Waals surface area contributed by atoms with Crippen molar-refractivity contribution in [2.45, 2.75) is 52.0 Å². The Labute approximate surface area is 112 Å². The highest BCUT2D eigenvalue weighted by molar-refractivity contribution is 7.15. The molecule has 1 aliphatic carbocycles. The largest absolute Gasteiger partial charge is 0.375 e. The van der Waals surface area contributed by atoms with Crippen molar-refractivity contribution < 1.29 is 4.79 Å². The summed E-state index contributed by atoms with van der Waals surface area (Å²) in [5.74, 6) is 0.266. The first kappa shape index (κ1) is 13.3. The minimum Gasteiger partial charge on any atom is -0.375 e. The van der Waals surface area contributed by atoms with Crippen LogP contribution in [0.2, 0.25) is 0 Å². The number of nitrogens with two attached hydrogens (primary N) is 1. The number of aryl methyl sites for hydroxylation is 1. The number of rotatable bonds is 4. The van der Waals surface area contributed by atoms with E-state index in [9.17, 15) is 4.79 Å². The van der Waals surface area contributed by atoms with E-state index in [1.807, 2.05) is 6.92 Å². The fraction of sp³-hybridized carbons (Fsp3) is 0.692. The van der Waals surface area contributed by atoms with Crippen LogP contribution in [0.3, 0.4) is 0 Å². The molecule has 1 unspecified atom stereocenters. The number of carbonyl (C=O) groups excluding carboxylic acids is 1. The Hall–Kier alpha value is -1.10. The number of nitrogens with zero attached hydrogens (tertiary/aromatic N) is 2. The van der Waals surface area contributed by atoms with Crippen molar-refractivity contribution in [2.75, 3.05) is 12.3 Å². The maximum Gasteiger partial charge on any atom is 0.222 e. The summed E-state index contributed by atoms with van der Waals surface area (Å²) < 4.78 is 0. The van der Waals surface area contributed by atoms with Gasteiger partial charge in [0, 0.05) is 30.3 Å². The molecule has 18 heavy (non-hydrogen) atoms. The highest BCUT2D eigenvalue weighted by Gasteiger charge is 2.28. The van der Waals surface area contributed by atoms with Crippen LogP contribution in [0, 0.1) is 0 Å². The fourth-order valence-corrected chi connectivity index (χ4v) is 3.55. The van der Waals surface area contributed by atoms with E-state index in [1.54, 1.807) is 11.3 Å². The Morgan fingerprint density at radius 3 is 3.00 bits per heavy atom. The van der Waals surface area contributed by atoms with E-state index in [1.165, 1.54) is 4.88 Å². The smallest absolute Gasteiger partial charge is 0.222 e. The molecule has 0 fully saturated rings. The minimum atomic E-state index is 0.266. The van der Waals surface area contributed by atoms with Gasteiger partial charge in [0.1, 0.15) is 0 Å². The SMILES string of the molecule is CCCN(C(=O)CC)C1CCc2nc(N)sc2C1. The van der Waals surface area contributed by atoms with Crippen LogP contribution in [0.1, 0.15) is 43.7 Å². The second-order valence-corrected chi connectivity index (χ2v) is 5.87. The Morgan fingerprint density at radius 2 is 2.33 bits per heavy atom. The van der Waals surface area contributed by atoms with Gasteiger partial charge in [-0.3, -0.25) is 4.79 Å². The molecule has 1 heterocycles. The van der Waals surface area contributed by atoms with Gasteiger partial charge in [0.05, 0.1) is 5.69 Å². The van der Waals surface area contributed by atoms with Crippen LogP contribution >= 0.6 is 11.3 Å². The van der Waals surface area contributed by atoms with Crippen LogP contribution in [0.25, 0.3) is 0 Å². The second kappa shape index (κ2) is 5.69. The maximum absolute atomic E-state index is 12.0. The maximum atomic E-state index is 12.0. The van der Waals surface area contributed by atoms with Crippen molar-refractivity contribution in [1.82, 2.24) is 9.88 Å². The molecule has 100 valence electrons. The van der Waals surface area contributed by atoms with Crippen molar-refractivity contribution in [3.63, 3.8) is 0 Å². The molecule has 2 rings (SSSR count). The molecule has 0 spiro atoms. The van der Waals surface area contributed by atoms with Crippen molar-refractivity contribution in [3.8, 4) is 0 Å². The molecule has 1 atom stereocenters. The van der Waals surface area contributed by atoms with Crippen LogP contribution in [0.4, 0.5) is 5.13 Å².